The van der Waals surface area contributed by atoms with E-state index in [2.05, 4.69) is 31.2 Å². The van der Waals surface area contributed by atoms with E-state index in [-0.39, 0.29) is 41.5 Å². The molecule has 2 aromatic carbocycles. The standard InChI is InChI=1S/C39H46FN7O5/c1-38(2,3)52-36(49)44-32-19-13-12-18-31(32)43-34-30(40)21-29(35(48)46-39(4,5)26-16-10-7-11-17-26)33(45-34)42-27-20-28(23-41-22-27)47(37(50)51)24-25-14-8-6-9-15-25/h6-11,14-17,20-23,31-32H,12-13,18-19,24H2,1-5H3,(H,44,49)(H,46,48)(H,50,51)(H2,42,43,45). The molecule has 2 heterocycles. The van der Waals surface area contributed by atoms with Crippen molar-refractivity contribution in [3.05, 3.63) is 108 Å². The number of hydrogen-bond acceptors (Lipinski definition) is 8. The van der Waals surface area contributed by atoms with Crippen molar-refractivity contribution in [2.75, 3.05) is 15.5 Å². The molecule has 1 aliphatic carbocycles. The number of nitrogens with one attached hydrogen (secondary N) is 4. The Morgan fingerprint density at radius 3 is 2.21 bits per heavy atom. The van der Waals surface area contributed by atoms with Crippen LogP contribution in [0.4, 0.5) is 37.0 Å². The lowest BCUT2D eigenvalue weighted by Gasteiger charge is -2.34. The molecule has 0 bridgehead atoms. The smallest absolute Gasteiger partial charge is 0.412 e. The van der Waals surface area contributed by atoms with Gasteiger partial charge in [0.1, 0.15) is 11.4 Å². The zero-order valence-electron chi connectivity index (χ0n) is 30.1. The third-order valence-electron chi connectivity index (χ3n) is 8.64. The summed E-state index contributed by atoms with van der Waals surface area (Å²) < 4.78 is 21.5. The van der Waals surface area contributed by atoms with Gasteiger partial charge in [-0.1, -0.05) is 73.5 Å². The van der Waals surface area contributed by atoms with Gasteiger partial charge >= 0.3 is 12.2 Å². The van der Waals surface area contributed by atoms with Gasteiger partial charge in [-0.25, -0.2) is 19.0 Å². The summed E-state index contributed by atoms with van der Waals surface area (Å²) in [5.41, 5.74) is 0.625. The Morgan fingerprint density at radius 2 is 1.56 bits per heavy atom. The molecule has 2 atom stereocenters. The second-order valence-electron chi connectivity index (χ2n) is 14.4. The number of carbonyl (C=O) groups is 3. The fourth-order valence-electron chi connectivity index (χ4n) is 6.06. The number of carbonyl (C=O) groups excluding carboxylic acids is 2. The average molecular weight is 712 g/mol. The van der Waals surface area contributed by atoms with Gasteiger partial charge in [-0.05, 0) is 70.7 Å². The van der Waals surface area contributed by atoms with Crippen molar-refractivity contribution in [1.82, 2.24) is 20.6 Å². The molecule has 1 saturated carbocycles. The van der Waals surface area contributed by atoms with Crippen molar-refractivity contribution in [3.8, 4) is 0 Å². The van der Waals surface area contributed by atoms with Gasteiger partial charge in [0, 0.05) is 6.04 Å². The Kier molecular flexibility index (Phi) is 11.6. The van der Waals surface area contributed by atoms with Crippen LogP contribution >= 0.6 is 0 Å². The van der Waals surface area contributed by atoms with Gasteiger partial charge in [0.15, 0.2) is 11.6 Å². The van der Waals surface area contributed by atoms with E-state index in [1.54, 1.807) is 26.8 Å². The molecule has 5 N–H and O–H groups in total. The molecular formula is C39H46FN7O5. The SMILES string of the molecule is CC(C)(C)OC(=O)NC1CCCCC1Nc1nc(Nc2cncc(N(Cc3ccccc3)C(=O)O)c2)c(C(=O)NC(C)(C)c2ccccc2)cc1F. The molecule has 0 saturated heterocycles. The van der Waals surface area contributed by atoms with Crippen LogP contribution in [0.1, 0.15) is 81.8 Å². The van der Waals surface area contributed by atoms with E-state index in [9.17, 15) is 19.5 Å². The van der Waals surface area contributed by atoms with Crippen LogP contribution < -0.4 is 26.2 Å². The van der Waals surface area contributed by atoms with E-state index < -0.39 is 35.1 Å². The minimum Gasteiger partial charge on any atom is -0.465 e. The van der Waals surface area contributed by atoms with Crippen LogP contribution in [0.2, 0.25) is 0 Å². The molecule has 1 aliphatic rings. The van der Waals surface area contributed by atoms with Crippen molar-refractivity contribution in [2.24, 2.45) is 0 Å². The third kappa shape index (κ3) is 9.95. The quantitative estimate of drug-likeness (QED) is 0.104. The fourth-order valence-corrected chi connectivity index (χ4v) is 6.06. The number of alkyl carbamates (subject to hydrolysis) is 1. The lowest BCUT2D eigenvalue weighted by Crippen LogP contribution is -2.50. The van der Waals surface area contributed by atoms with Crippen molar-refractivity contribution in [2.45, 2.75) is 90.1 Å². The molecular weight excluding hydrogens is 665 g/mol. The summed E-state index contributed by atoms with van der Waals surface area (Å²) in [6.45, 7) is 9.10. The van der Waals surface area contributed by atoms with Gasteiger partial charge in [0.25, 0.3) is 5.91 Å². The molecule has 1 fully saturated rings. The first kappa shape index (κ1) is 37.5. The zero-order valence-corrected chi connectivity index (χ0v) is 30.1. The van der Waals surface area contributed by atoms with Crippen LogP contribution in [-0.2, 0) is 16.8 Å². The first-order valence-electron chi connectivity index (χ1n) is 17.3. The maximum absolute atomic E-state index is 16.0. The van der Waals surface area contributed by atoms with E-state index in [0.29, 0.717) is 18.5 Å². The maximum Gasteiger partial charge on any atom is 0.412 e. The van der Waals surface area contributed by atoms with Gasteiger partial charge in [0.2, 0.25) is 0 Å². The molecule has 12 nitrogen and oxygen atoms in total. The molecule has 5 rings (SSSR count). The van der Waals surface area contributed by atoms with Crippen LogP contribution in [-0.4, -0.2) is 50.9 Å². The Hall–Kier alpha value is -5.72. The molecule has 3 amide bonds. The van der Waals surface area contributed by atoms with Gasteiger partial charge in [-0.2, -0.15) is 0 Å². The Labute approximate surface area is 303 Å². The summed E-state index contributed by atoms with van der Waals surface area (Å²) in [5, 5.41) is 22.3. The third-order valence-corrected chi connectivity index (χ3v) is 8.64. The van der Waals surface area contributed by atoms with Crippen LogP contribution in [0.15, 0.2) is 85.2 Å². The van der Waals surface area contributed by atoms with Gasteiger partial charge in [-0.15, -0.1) is 0 Å². The predicted molar refractivity (Wildman–Crippen MR) is 198 cm³/mol. The molecule has 0 radical (unpaired) electrons. The average Bonchev–Trinajstić information content (AvgIpc) is 3.09. The molecule has 2 aromatic heterocycles. The summed E-state index contributed by atoms with van der Waals surface area (Å²) in [5.74, 6) is -1.45. The first-order valence-corrected chi connectivity index (χ1v) is 17.3. The lowest BCUT2D eigenvalue weighted by molar-refractivity contribution is 0.0488. The van der Waals surface area contributed by atoms with Crippen LogP contribution in [0, 0.1) is 5.82 Å². The van der Waals surface area contributed by atoms with Crippen molar-refractivity contribution < 1.29 is 28.6 Å². The molecule has 52 heavy (non-hydrogen) atoms. The number of aromatic nitrogens is 2. The number of amides is 3. The Morgan fingerprint density at radius 1 is 0.904 bits per heavy atom. The van der Waals surface area contributed by atoms with Gasteiger partial charge in [0.05, 0.1) is 47.5 Å². The summed E-state index contributed by atoms with van der Waals surface area (Å²) in [7, 11) is 0. The summed E-state index contributed by atoms with van der Waals surface area (Å²) >= 11 is 0. The summed E-state index contributed by atoms with van der Waals surface area (Å²) in [4.78, 5) is 48.9. The van der Waals surface area contributed by atoms with Crippen LogP contribution in [0.5, 0.6) is 0 Å². The molecule has 0 spiro atoms. The van der Waals surface area contributed by atoms with Crippen molar-refractivity contribution >= 4 is 41.1 Å². The number of carboxylic acid groups (broad SMARTS) is 1. The first-order chi connectivity index (χ1) is 24.7. The second-order valence-corrected chi connectivity index (χ2v) is 14.4. The Balaban J connectivity index is 1.48. The second kappa shape index (κ2) is 16.1. The highest BCUT2D eigenvalue weighted by Crippen LogP contribution is 2.30. The summed E-state index contributed by atoms with van der Waals surface area (Å²) in [6, 6.07) is 20.5. The minimum atomic E-state index is -1.18. The van der Waals surface area contributed by atoms with E-state index in [1.807, 2.05) is 74.5 Å². The van der Waals surface area contributed by atoms with E-state index in [4.69, 9.17) is 4.74 Å². The number of hydrogen-bond donors (Lipinski definition) is 5. The van der Waals surface area contributed by atoms with Crippen LogP contribution in [0.3, 0.4) is 0 Å². The topological polar surface area (TPSA) is 158 Å². The van der Waals surface area contributed by atoms with Gasteiger partial charge < -0.3 is 31.1 Å². The number of anilines is 4. The van der Waals surface area contributed by atoms with Crippen molar-refractivity contribution in [1.29, 1.82) is 0 Å². The lowest BCUT2D eigenvalue weighted by atomic mass is 9.90. The fraction of sp³-hybridized carbons (Fsp3) is 0.359. The number of halogens is 1. The van der Waals surface area contributed by atoms with E-state index in [0.717, 1.165) is 34.9 Å². The monoisotopic (exact) mass is 711 g/mol. The number of benzene rings is 2. The molecule has 4 aromatic rings. The number of nitrogens with zero attached hydrogens (tertiary/aromatic N) is 3. The maximum atomic E-state index is 16.0. The minimum absolute atomic E-state index is 0.0154. The molecule has 274 valence electrons. The molecule has 2 unspecified atom stereocenters. The summed E-state index contributed by atoms with van der Waals surface area (Å²) in [6.07, 6.45) is 4.15. The zero-order chi connectivity index (χ0) is 37.5. The number of pyridine rings is 2. The predicted octanol–water partition coefficient (Wildman–Crippen LogP) is 7.96. The molecule has 0 aliphatic heterocycles. The highest BCUT2D eigenvalue weighted by atomic mass is 19.1. The van der Waals surface area contributed by atoms with Gasteiger partial charge in [-0.3, -0.25) is 14.7 Å². The number of ether oxygens (including phenoxy) is 1. The number of rotatable bonds is 11. The Bertz CT molecular complexity index is 1870. The molecule has 13 heteroatoms. The highest BCUT2D eigenvalue weighted by Gasteiger charge is 2.31. The van der Waals surface area contributed by atoms with Crippen LogP contribution in [0.25, 0.3) is 0 Å². The highest BCUT2D eigenvalue weighted by molar-refractivity contribution is 6.00. The van der Waals surface area contributed by atoms with Crippen molar-refractivity contribution in [3.63, 3.8) is 0 Å². The van der Waals surface area contributed by atoms with E-state index in [1.165, 1.54) is 12.4 Å². The largest absolute Gasteiger partial charge is 0.465 e. The van der Waals surface area contributed by atoms with E-state index >= 15 is 4.39 Å². The normalized spacial score (nSPS) is 16.0.